The molecule has 2 saturated heterocycles. The summed E-state index contributed by atoms with van der Waals surface area (Å²) in [6.07, 6.45) is 3.72. The predicted octanol–water partition coefficient (Wildman–Crippen LogP) is 2.46. The Hall–Kier alpha value is -1.88. The molecule has 2 bridgehead atoms. The largest absolute Gasteiger partial charge is 0.481 e. The average Bonchev–Trinajstić information content (AvgIpc) is 3.12. The van der Waals surface area contributed by atoms with Crippen LogP contribution in [-0.4, -0.2) is 29.2 Å². The maximum absolute atomic E-state index is 12.3. The van der Waals surface area contributed by atoms with E-state index in [-0.39, 0.29) is 24.0 Å². The summed E-state index contributed by atoms with van der Waals surface area (Å²) < 4.78 is 5.71. The van der Waals surface area contributed by atoms with Gasteiger partial charge in [-0.1, -0.05) is 19.1 Å². The Bertz CT molecular complexity index is 569. The monoisotopic (exact) mass is 303 g/mol. The molecule has 4 atom stereocenters. The highest BCUT2D eigenvalue weighted by atomic mass is 16.5. The van der Waals surface area contributed by atoms with Gasteiger partial charge in [-0.15, -0.1) is 0 Å². The minimum atomic E-state index is -0.798. The smallest absolute Gasteiger partial charge is 0.306 e. The molecule has 0 aliphatic carbocycles. The van der Waals surface area contributed by atoms with Gasteiger partial charge in [0.05, 0.1) is 24.0 Å². The molecule has 2 aliphatic rings. The van der Waals surface area contributed by atoms with Crippen molar-refractivity contribution in [2.75, 3.05) is 5.32 Å². The van der Waals surface area contributed by atoms with Gasteiger partial charge in [0.1, 0.15) is 0 Å². The highest BCUT2D eigenvalue weighted by molar-refractivity contribution is 5.93. The second-order valence-corrected chi connectivity index (χ2v) is 6.35. The van der Waals surface area contributed by atoms with E-state index in [1.165, 1.54) is 0 Å². The fourth-order valence-electron chi connectivity index (χ4n) is 3.31. The van der Waals surface area contributed by atoms with Crippen molar-refractivity contribution in [1.82, 2.24) is 0 Å². The van der Waals surface area contributed by atoms with E-state index in [0.29, 0.717) is 6.42 Å². The van der Waals surface area contributed by atoms with E-state index < -0.39 is 11.9 Å². The molecule has 0 aromatic heterocycles. The Balaban J connectivity index is 1.57. The van der Waals surface area contributed by atoms with Crippen LogP contribution in [-0.2, 0) is 20.7 Å². The van der Waals surface area contributed by atoms with Crippen molar-refractivity contribution in [2.45, 2.75) is 44.8 Å². The summed E-state index contributed by atoms with van der Waals surface area (Å²) in [6, 6.07) is 7.39. The van der Waals surface area contributed by atoms with Crippen LogP contribution in [0, 0.1) is 11.8 Å². The number of benzene rings is 1. The molecule has 2 heterocycles. The van der Waals surface area contributed by atoms with Gasteiger partial charge in [0.15, 0.2) is 0 Å². The minimum absolute atomic E-state index is 0.0267. The van der Waals surface area contributed by atoms with E-state index in [1.54, 1.807) is 6.92 Å². The molecular formula is C17H21NO4. The Morgan fingerprint density at radius 1 is 1.32 bits per heavy atom. The van der Waals surface area contributed by atoms with Gasteiger partial charge in [0, 0.05) is 5.69 Å². The lowest BCUT2D eigenvalue weighted by Crippen LogP contribution is -2.30. The summed E-state index contributed by atoms with van der Waals surface area (Å²) in [5.41, 5.74) is 1.70. The fourth-order valence-corrected chi connectivity index (χ4v) is 3.31. The highest BCUT2D eigenvalue weighted by Crippen LogP contribution is 2.39. The number of carboxylic acid groups (broad SMARTS) is 1. The number of hydrogen-bond acceptors (Lipinski definition) is 3. The Labute approximate surface area is 129 Å². The van der Waals surface area contributed by atoms with Gasteiger partial charge >= 0.3 is 5.97 Å². The third-order valence-corrected chi connectivity index (χ3v) is 4.63. The summed E-state index contributed by atoms with van der Waals surface area (Å²) in [4.78, 5) is 23.1. The lowest BCUT2D eigenvalue weighted by atomic mass is 9.88. The molecule has 1 aromatic rings. The van der Waals surface area contributed by atoms with Crippen molar-refractivity contribution in [3.63, 3.8) is 0 Å². The number of hydrogen-bond donors (Lipinski definition) is 2. The number of carbonyl (C=O) groups excluding carboxylic acids is 1. The number of rotatable bonds is 5. The molecule has 2 aliphatic heterocycles. The molecule has 118 valence electrons. The number of fused-ring (bicyclic) bond motifs is 2. The van der Waals surface area contributed by atoms with Gasteiger partial charge in [-0.05, 0) is 43.4 Å². The molecular weight excluding hydrogens is 282 g/mol. The standard InChI is InChI=1S/C17H21NO4/c1-10(17(20)21)8-11-2-4-12(5-3-11)18-16(19)14-9-13-6-7-15(14)22-13/h2-5,10,13-15H,6-9H2,1H3,(H,18,19)(H,20,21)/t10-,13+,14-,15+/m0/s1. The Morgan fingerprint density at radius 3 is 2.59 bits per heavy atom. The third kappa shape index (κ3) is 3.14. The second kappa shape index (κ2) is 6.08. The van der Waals surface area contributed by atoms with Gasteiger partial charge in [-0.2, -0.15) is 0 Å². The van der Waals surface area contributed by atoms with Crippen LogP contribution in [0.25, 0.3) is 0 Å². The SMILES string of the molecule is C[C@@H](Cc1ccc(NC(=O)[C@H]2C[C@H]3CC[C@H]2O3)cc1)C(=O)O. The summed E-state index contributed by atoms with van der Waals surface area (Å²) in [7, 11) is 0. The van der Waals surface area contributed by atoms with Crippen LogP contribution in [0.4, 0.5) is 5.69 Å². The molecule has 0 unspecified atom stereocenters. The van der Waals surface area contributed by atoms with Crippen molar-refractivity contribution in [1.29, 1.82) is 0 Å². The van der Waals surface area contributed by atoms with E-state index in [2.05, 4.69) is 5.32 Å². The van der Waals surface area contributed by atoms with Gasteiger partial charge in [0.25, 0.3) is 0 Å². The number of amides is 1. The van der Waals surface area contributed by atoms with Crippen molar-refractivity contribution < 1.29 is 19.4 Å². The zero-order valence-electron chi connectivity index (χ0n) is 12.6. The first kappa shape index (κ1) is 15.0. The third-order valence-electron chi connectivity index (χ3n) is 4.63. The number of ether oxygens (including phenoxy) is 1. The normalized spacial score (nSPS) is 27.6. The maximum Gasteiger partial charge on any atom is 0.306 e. The quantitative estimate of drug-likeness (QED) is 0.876. The van der Waals surface area contributed by atoms with E-state index in [0.717, 1.165) is 30.5 Å². The Kier molecular flexibility index (Phi) is 4.16. The number of carbonyl (C=O) groups is 2. The fraction of sp³-hybridized carbons (Fsp3) is 0.529. The van der Waals surface area contributed by atoms with Crippen LogP contribution >= 0.6 is 0 Å². The highest BCUT2D eigenvalue weighted by Gasteiger charge is 2.44. The number of nitrogens with one attached hydrogen (secondary N) is 1. The molecule has 3 rings (SSSR count). The molecule has 1 aromatic carbocycles. The lowest BCUT2D eigenvalue weighted by Gasteiger charge is -2.18. The lowest BCUT2D eigenvalue weighted by molar-refractivity contribution is -0.141. The van der Waals surface area contributed by atoms with Crippen LogP contribution < -0.4 is 5.32 Å². The maximum atomic E-state index is 12.3. The number of carboxylic acids is 1. The van der Waals surface area contributed by atoms with Gasteiger partial charge in [-0.25, -0.2) is 0 Å². The van der Waals surface area contributed by atoms with Gasteiger partial charge < -0.3 is 15.2 Å². The summed E-state index contributed by atoms with van der Waals surface area (Å²) >= 11 is 0. The summed E-state index contributed by atoms with van der Waals surface area (Å²) in [5.74, 6) is -1.22. The van der Waals surface area contributed by atoms with Gasteiger partial charge in [0.2, 0.25) is 5.91 Å². The van der Waals surface area contributed by atoms with Crippen molar-refractivity contribution in [2.24, 2.45) is 11.8 Å². The van der Waals surface area contributed by atoms with Crippen LogP contribution in [0.5, 0.6) is 0 Å². The molecule has 1 amide bonds. The van der Waals surface area contributed by atoms with Crippen molar-refractivity contribution >= 4 is 17.6 Å². The zero-order valence-corrected chi connectivity index (χ0v) is 12.6. The van der Waals surface area contributed by atoms with Crippen LogP contribution in [0.15, 0.2) is 24.3 Å². The van der Waals surface area contributed by atoms with E-state index in [4.69, 9.17) is 9.84 Å². The first-order valence-electron chi connectivity index (χ1n) is 7.81. The number of aliphatic carboxylic acids is 1. The molecule has 2 fully saturated rings. The summed E-state index contributed by atoms with van der Waals surface area (Å²) in [6.45, 7) is 1.69. The second-order valence-electron chi connectivity index (χ2n) is 6.35. The predicted molar refractivity (Wildman–Crippen MR) is 81.6 cm³/mol. The topological polar surface area (TPSA) is 75.6 Å². The molecule has 22 heavy (non-hydrogen) atoms. The molecule has 2 N–H and O–H groups in total. The Morgan fingerprint density at radius 2 is 2.05 bits per heavy atom. The van der Waals surface area contributed by atoms with E-state index in [1.807, 2.05) is 24.3 Å². The van der Waals surface area contributed by atoms with Crippen LogP contribution in [0.2, 0.25) is 0 Å². The minimum Gasteiger partial charge on any atom is -0.481 e. The van der Waals surface area contributed by atoms with Crippen LogP contribution in [0.1, 0.15) is 31.7 Å². The molecule has 0 radical (unpaired) electrons. The van der Waals surface area contributed by atoms with Crippen LogP contribution in [0.3, 0.4) is 0 Å². The molecule has 5 heteroatoms. The first-order chi connectivity index (χ1) is 10.5. The van der Waals surface area contributed by atoms with Crippen molar-refractivity contribution in [3.8, 4) is 0 Å². The number of anilines is 1. The van der Waals surface area contributed by atoms with E-state index >= 15 is 0 Å². The van der Waals surface area contributed by atoms with E-state index in [9.17, 15) is 9.59 Å². The summed E-state index contributed by atoms with van der Waals surface area (Å²) in [5, 5.41) is 11.9. The average molecular weight is 303 g/mol. The van der Waals surface area contributed by atoms with Gasteiger partial charge in [-0.3, -0.25) is 9.59 Å². The first-order valence-corrected chi connectivity index (χ1v) is 7.81. The molecule has 0 spiro atoms. The molecule has 0 saturated carbocycles. The zero-order chi connectivity index (χ0) is 15.7. The van der Waals surface area contributed by atoms with Crippen molar-refractivity contribution in [3.05, 3.63) is 29.8 Å². The molecule has 5 nitrogen and oxygen atoms in total.